The van der Waals surface area contributed by atoms with E-state index in [1.807, 2.05) is 24.7 Å². The number of nitrogens with one attached hydrogen (secondary N) is 1. The highest BCUT2D eigenvalue weighted by Crippen LogP contribution is 2.28. The first-order valence-corrected chi connectivity index (χ1v) is 7.60. The quantitative estimate of drug-likeness (QED) is 0.788. The number of nitrogens with zero attached hydrogens (tertiary/aromatic N) is 3. The van der Waals surface area contributed by atoms with Crippen molar-refractivity contribution in [3.8, 4) is 0 Å². The van der Waals surface area contributed by atoms with Gasteiger partial charge in [-0.05, 0) is 25.1 Å². The van der Waals surface area contributed by atoms with Gasteiger partial charge in [-0.2, -0.15) is 0 Å². The predicted octanol–water partition coefficient (Wildman–Crippen LogP) is 3.76. The molecular formula is C13H13BrN4S. The van der Waals surface area contributed by atoms with Crippen LogP contribution in [-0.2, 0) is 6.54 Å². The lowest BCUT2D eigenvalue weighted by Crippen LogP contribution is -2.21. The van der Waals surface area contributed by atoms with Gasteiger partial charge in [0.1, 0.15) is 0 Å². The summed E-state index contributed by atoms with van der Waals surface area (Å²) in [5.74, 6) is 0. The molecule has 1 aromatic carbocycles. The molecule has 1 unspecified atom stereocenters. The summed E-state index contributed by atoms with van der Waals surface area (Å²) in [6, 6.07) is 6.44. The molecule has 0 aliphatic carbocycles. The van der Waals surface area contributed by atoms with E-state index >= 15 is 0 Å². The Balaban J connectivity index is 1.74. The van der Waals surface area contributed by atoms with Crippen molar-refractivity contribution < 1.29 is 0 Å². The molecule has 2 heterocycles. The first-order valence-electron chi connectivity index (χ1n) is 5.99. The van der Waals surface area contributed by atoms with E-state index in [0.29, 0.717) is 6.04 Å². The minimum absolute atomic E-state index is 0.304. The van der Waals surface area contributed by atoms with Crippen molar-refractivity contribution in [1.29, 1.82) is 0 Å². The average Bonchev–Trinajstić information content (AvgIpc) is 2.97. The molecule has 4 nitrogen and oxygen atoms in total. The molecule has 0 fully saturated rings. The zero-order valence-corrected chi connectivity index (χ0v) is 12.8. The Labute approximate surface area is 123 Å². The van der Waals surface area contributed by atoms with Gasteiger partial charge < -0.3 is 9.88 Å². The first kappa shape index (κ1) is 12.6. The second-order valence-electron chi connectivity index (χ2n) is 4.44. The lowest BCUT2D eigenvalue weighted by molar-refractivity contribution is 0.618. The van der Waals surface area contributed by atoms with Crippen LogP contribution < -0.4 is 5.32 Å². The zero-order chi connectivity index (χ0) is 13.2. The van der Waals surface area contributed by atoms with Crippen molar-refractivity contribution in [2.24, 2.45) is 0 Å². The highest BCUT2D eigenvalue weighted by molar-refractivity contribution is 9.10. The van der Waals surface area contributed by atoms with Crippen LogP contribution in [0.1, 0.15) is 6.92 Å². The summed E-state index contributed by atoms with van der Waals surface area (Å²) >= 11 is 5.16. The van der Waals surface area contributed by atoms with Crippen molar-refractivity contribution in [2.75, 3.05) is 5.32 Å². The van der Waals surface area contributed by atoms with E-state index in [1.165, 1.54) is 4.70 Å². The number of hydrogen-bond acceptors (Lipinski definition) is 4. The number of anilines is 1. The van der Waals surface area contributed by atoms with E-state index in [0.717, 1.165) is 21.7 Å². The average molecular weight is 337 g/mol. The van der Waals surface area contributed by atoms with E-state index in [-0.39, 0.29) is 0 Å². The molecule has 0 aliphatic rings. The summed E-state index contributed by atoms with van der Waals surface area (Å²) < 4.78 is 4.33. The SMILES string of the molecule is CC(Cn1ccnc1)Nc1nc2ccc(Br)cc2s1. The largest absolute Gasteiger partial charge is 0.357 e. The molecule has 0 spiro atoms. The minimum Gasteiger partial charge on any atom is -0.357 e. The van der Waals surface area contributed by atoms with Crippen LogP contribution >= 0.6 is 27.3 Å². The predicted molar refractivity (Wildman–Crippen MR) is 82.6 cm³/mol. The molecule has 19 heavy (non-hydrogen) atoms. The molecule has 3 aromatic rings. The maximum Gasteiger partial charge on any atom is 0.184 e. The normalized spacial score (nSPS) is 12.7. The van der Waals surface area contributed by atoms with Crippen molar-refractivity contribution >= 4 is 42.6 Å². The van der Waals surface area contributed by atoms with Crippen LogP contribution in [0.3, 0.4) is 0 Å². The van der Waals surface area contributed by atoms with Gasteiger partial charge in [0.2, 0.25) is 0 Å². The van der Waals surface area contributed by atoms with Crippen LogP contribution in [0.15, 0.2) is 41.4 Å². The number of halogens is 1. The fourth-order valence-electron chi connectivity index (χ4n) is 1.93. The number of thiazole rings is 1. The Kier molecular flexibility index (Phi) is 3.52. The minimum atomic E-state index is 0.304. The van der Waals surface area contributed by atoms with E-state index in [2.05, 4.69) is 48.8 Å². The summed E-state index contributed by atoms with van der Waals surface area (Å²) in [5.41, 5.74) is 1.03. The van der Waals surface area contributed by atoms with E-state index in [1.54, 1.807) is 17.5 Å². The van der Waals surface area contributed by atoms with Crippen LogP contribution in [0.2, 0.25) is 0 Å². The summed E-state index contributed by atoms with van der Waals surface area (Å²) in [4.78, 5) is 8.63. The van der Waals surface area contributed by atoms with E-state index in [4.69, 9.17) is 0 Å². The van der Waals surface area contributed by atoms with Crippen molar-refractivity contribution in [1.82, 2.24) is 14.5 Å². The van der Waals surface area contributed by atoms with E-state index < -0.39 is 0 Å². The zero-order valence-electron chi connectivity index (χ0n) is 10.4. The van der Waals surface area contributed by atoms with Crippen LogP contribution in [0.4, 0.5) is 5.13 Å². The first-order chi connectivity index (χ1) is 9.20. The van der Waals surface area contributed by atoms with Gasteiger partial charge in [-0.1, -0.05) is 27.3 Å². The Morgan fingerprint density at radius 3 is 3.16 bits per heavy atom. The van der Waals surface area contributed by atoms with Crippen LogP contribution in [0.25, 0.3) is 10.2 Å². The van der Waals surface area contributed by atoms with Gasteiger partial charge >= 0.3 is 0 Å². The molecular weight excluding hydrogens is 324 g/mol. The van der Waals surface area contributed by atoms with Gasteiger partial charge in [0.25, 0.3) is 0 Å². The third-order valence-corrected chi connectivity index (χ3v) is 4.21. The Morgan fingerprint density at radius 1 is 1.47 bits per heavy atom. The molecule has 1 atom stereocenters. The lowest BCUT2D eigenvalue weighted by Gasteiger charge is -2.12. The fraction of sp³-hybridized carbons (Fsp3) is 0.231. The van der Waals surface area contributed by atoms with Gasteiger partial charge in [0.15, 0.2) is 5.13 Å². The Bertz CT molecular complexity index is 677. The number of fused-ring (bicyclic) bond motifs is 1. The van der Waals surface area contributed by atoms with Crippen molar-refractivity contribution in [3.63, 3.8) is 0 Å². The maximum absolute atomic E-state index is 4.58. The molecule has 98 valence electrons. The van der Waals surface area contributed by atoms with Crippen LogP contribution in [0, 0.1) is 0 Å². The molecule has 0 saturated heterocycles. The summed E-state index contributed by atoms with van der Waals surface area (Å²) in [6.07, 6.45) is 5.59. The fourth-order valence-corrected chi connectivity index (χ4v) is 3.46. The highest BCUT2D eigenvalue weighted by atomic mass is 79.9. The number of hydrogen-bond donors (Lipinski definition) is 1. The molecule has 0 radical (unpaired) electrons. The standard InChI is InChI=1S/C13H13BrN4S/c1-9(7-18-5-4-15-8-18)16-13-17-11-3-2-10(14)6-12(11)19-13/h2-6,8-9H,7H2,1H3,(H,16,17). The second kappa shape index (κ2) is 5.30. The van der Waals surface area contributed by atoms with Crippen LogP contribution in [-0.4, -0.2) is 20.6 Å². The monoisotopic (exact) mass is 336 g/mol. The summed E-state index contributed by atoms with van der Waals surface area (Å²) in [7, 11) is 0. The summed E-state index contributed by atoms with van der Waals surface area (Å²) in [6.45, 7) is 3.02. The topological polar surface area (TPSA) is 42.7 Å². The molecule has 6 heteroatoms. The molecule has 0 aliphatic heterocycles. The second-order valence-corrected chi connectivity index (χ2v) is 6.38. The molecule has 3 rings (SSSR count). The lowest BCUT2D eigenvalue weighted by atomic mass is 10.3. The van der Waals surface area contributed by atoms with Gasteiger partial charge in [-0.3, -0.25) is 0 Å². The molecule has 0 bridgehead atoms. The van der Waals surface area contributed by atoms with Gasteiger partial charge in [-0.15, -0.1) is 0 Å². The Hall–Kier alpha value is -1.40. The third-order valence-electron chi connectivity index (χ3n) is 2.76. The number of imidazole rings is 1. The third kappa shape index (κ3) is 2.96. The Morgan fingerprint density at radius 2 is 2.37 bits per heavy atom. The molecule has 2 aromatic heterocycles. The van der Waals surface area contributed by atoms with E-state index in [9.17, 15) is 0 Å². The molecule has 0 amide bonds. The number of benzene rings is 1. The van der Waals surface area contributed by atoms with Crippen molar-refractivity contribution in [2.45, 2.75) is 19.5 Å². The number of aromatic nitrogens is 3. The maximum atomic E-state index is 4.58. The summed E-state index contributed by atoms with van der Waals surface area (Å²) in [5, 5.41) is 4.39. The molecule has 0 saturated carbocycles. The van der Waals surface area contributed by atoms with Crippen molar-refractivity contribution in [3.05, 3.63) is 41.4 Å². The molecule has 1 N–H and O–H groups in total. The smallest absolute Gasteiger partial charge is 0.184 e. The van der Waals surface area contributed by atoms with Gasteiger partial charge in [-0.25, -0.2) is 9.97 Å². The van der Waals surface area contributed by atoms with Gasteiger partial charge in [0.05, 0.1) is 16.5 Å². The van der Waals surface area contributed by atoms with Crippen LogP contribution in [0.5, 0.6) is 0 Å². The number of rotatable bonds is 4. The highest BCUT2D eigenvalue weighted by Gasteiger charge is 2.08. The van der Waals surface area contributed by atoms with Gasteiger partial charge in [0, 0.05) is 29.5 Å².